The molecule has 1 rings (SSSR count). The van der Waals surface area contributed by atoms with Gasteiger partial charge in [-0.3, -0.25) is 4.79 Å². The fourth-order valence-electron chi connectivity index (χ4n) is 1.87. The molecule has 0 saturated heterocycles. The zero-order valence-electron chi connectivity index (χ0n) is 12.2. The van der Waals surface area contributed by atoms with Gasteiger partial charge >= 0.3 is 0 Å². The predicted molar refractivity (Wildman–Crippen MR) is 77.3 cm³/mol. The Morgan fingerprint density at radius 3 is 2.58 bits per heavy atom. The first-order valence-electron chi connectivity index (χ1n) is 6.64. The summed E-state index contributed by atoms with van der Waals surface area (Å²) in [7, 11) is 0. The average Bonchev–Trinajstić information content (AvgIpc) is 2.34. The van der Waals surface area contributed by atoms with E-state index in [9.17, 15) is 4.79 Å². The molecule has 4 heteroatoms. The second kappa shape index (κ2) is 6.57. The van der Waals surface area contributed by atoms with Gasteiger partial charge < -0.3 is 15.8 Å². The van der Waals surface area contributed by atoms with E-state index >= 15 is 0 Å². The molecule has 0 heterocycles. The first kappa shape index (κ1) is 15.5. The maximum Gasteiger partial charge on any atom is 0.237 e. The lowest BCUT2D eigenvalue weighted by Gasteiger charge is -2.26. The summed E-state index contributed by atoms with van der Waals surface area (Å²) in [5.41, 5.74) is 7.14. The second-order valence-electron chi connectivity index (χ2n) is 5.07. The lowest BCUT2D eigenvalue weighted by molar-refractivity contribution is -0.124. The summed E-state index contributed by atoms with van der Waals surface area (Å²) in [6.07, 6.45) is 0.545. The molecule has 106 valence electrons. The van der Waals surface area contributed by atoms with Crippen LogP contribution in [0.1, 0.15) is 31.4 Å². The second-order valence-corrected chi connectivity index (χ2v) is 5.07. The van der Waals surface area contributed by atoms with Crippen molar-refractivity contribution in [2.75, 3.05) is 13.2 Å². The number of amides is 1. The van der Waals surface area contributed by atoms with Crippen LogP contribution in [0.2, 0.25) is 0 Å². The van der Waals surface area contributed by atoms with Gasteiger partial charge in [0.2, 0.25) is 5.91 Å². The Labute approximate surface area is 115 Å². The van der Waals surface area contributed by atoms with Crippen molar-refractivity contribution in [3.8, 4) is 5.75 Å². The van der Waals surface area contributed by atoms with Gasteiger partial charge in [0.15, 0.2) is 0 Å². The van der Waals surface area contributed by atoms with Gasteiger partial charge in [-0.25, -0.2) is 0 Å². The van der Waals surface area contributed by atoms with Crippen molar-refractivity contribution in [3.63, 3.8) is 0 Å². The number of carbonyl (C=O) groups excluding carboxylic acids is 1. The van der Waals surface area contributed by atoms with Crippen LogP contribution in [0.4, 0.5) is 0 Å². The van der Waals surface area contributed by atoms with Gasteiger partial charge in [-0.05, 0) is 50.6 Å². The Morgan fingerprint density at radius 2 is 2.05 bits per heavy atom. The van der Waals surface area contributed by atoms with E-state index in [0.717, 1.165) is 5.75 Å². The Morgan fingerprint density at radius 1 is 1.37 bits per heavy atom. The van der Waals surface area contributed by atoms with E-state index in [4.69, 9.17) is 10.5 Å². The van der Waals surface area contributed by atoms with Crippen molar-refractivity contribution in [1.82, 2.24) is 5.32 Å². The summed E-state index contributed by atoms with van der Waals surface area (Å²) in [6.45, 7) is 9.02. The normalized spacial score (nSPS) is 13.9. The first-order chi connectivity index (χ1) is 8.89. The van der Waals surface area contributed by atoms with Crippen molar-refractivity contribution in [2.45, 2.75) is 39.7 Å². The van der Waals surface area contributed by atoms with E-state index in [1.165, 1.54) is 11.1 Å². The van der Waals surface area contributed by atoms with Crippen LogP contribution in [0.25, 0.3) is 0 Å². The topological polar surface area (TPSA) is 64.3 Å². The largest absolute Gasteiger partial charge is 0.494 e. The highest BCUT2D eigenvalue weighted by Crippen LogP contribution is 2.17. The molecule has 3 N–H and O–H groups in total. The van der Waals surface area contributed by atoms with Crippen LogP contribution in [0, 0.1) is 13.8 Å². The zero-order chi connectivity index (χ0) is 14.5. The molecule has 1 unspecified atom stereocenters. The SMILES string of the molecule is CCNC(C)(CCOc1ccc(C)c(C)c1)C(N)=O. The van der Waals surface area contributed by atoms with E-state index < -0.39 is 5.54 Å². The van der Waals surface area contributed by atoms with Gasteiger partial charge in [0.05, 0.1) is 12.1 Å². The van der Waals surface area contributed by atoms with E-state index in [1.54, 1.807) is 0 Å². The number of aryl methyl sites for hydroxylation is 2. The lowest BCUT2D eigenvalue weighted by atomic mass is 9.97. The molecule has 1 aromatic rings. The number of nitrogens with two attached hydrogens (primary N) is 1. The van der Waals surface area contributed by atoms with E-state index in [0.29, 0.717) is 19.6 Å². The van der Waals surface area contributed by atoms with Crippen LogP contribution in [0.15, 0.2) is 18.2 Å². The van der Waals surface area contributed by atoms with Gasteiger partial charge in [0, 0.05) is 6.42 Å². The third-order valence-electron chi connectivity index (χ3n) is 3.46. The third-order valence-corrected chi connectivity index (χ3v) is 3.46. The van der Waals surface area contributed by atoms with E-state index in [2.05, 4.69) is 12.2 Å². The molecule has 0 aliphatic heterocycles. The summed E-state index contributed by atoms with van der Waals surface area (Å²) < 4.78 is 5.69. The van der Waals surface area contributed by atoms with Crippen LogP contribution < -0.4 is 15.8 Å². The molecule has 0 bridgehead atoms. The van der Waals surface area contributed by atoms with Crippen LogP contribution in [0.3, 0.4) is 0 Å². The van der Waals surface area contributed by atoms with E-state index in [-0.39, 0.29) is 5.91 Å². The van der Waals surface area contributed by atoms with Crippen LogP contribution in [-0.4, -0.2) is 24.6 Å². The number of hydrogen-bond acceptors (Lipinski definition) is 3. The number of ether oxygens (including phenoxy) is 1. The summed E-state index contributed by atoms with van der Waals surface area (Å²) in [6, 6.07) is 5.98. The van der Waals surface area contributed by atoms with Gasteiger partial charge in [-0.1, -0.05) is 13.0 Å². The Kier molecular flexibility index (Phi) is 5.36. The van der Waals surface area contributed by atoms with Crippen molar-refractivity contribution >= 4 is 5.91 Å². The van der Waals surface area contributed by atoms with Gasteiger partial charge in [-0.2, -0.15) is 0 Å². The molecule has 1 amide bonds. The maximum atomic E-state index is 11.5. The summed E-state index contributed by atoms with van der Waals surface area (Å²) in [5, 5.41) is 3.11. The standard InChI is InChI=1S/C15H24N2O2/c1-5-17-15(4,14(16)18)8-9-19-13-7-6-11(2)12(3)10-13/h6-7,10,17H,5,8-9H2,1-4H3,(H2,16,18). The molecular weight excluding hydrogens is 240 g/mol. The first-order valence-corrected chi connectivity index (χ1v) is 6.64. The van der Waals surface area contributed by atoms with Crippen molar-refractivity contribution in [2.24, 2.45) is 5.73 Å². The molecule has 0 spiro atoms. The summed E-state index contributed by atoms with van der Waals surface area (Å²) >= 11 is 0. The monoisotopic (exact) mass is 264 g/mol. The molecule has 1 atom stereocenters. The number of nitrogens with one attached hydrogen (secondary N) is 1. The van der Waals surface area contributed by atoms with Crippen molar-refractivity contribution in [3.05, 3.63) is 29.3 Å². The molecule has 0 aliphatic rings. The Bertz CT molecular complexity index is 446. The Hall–Kier alpha value is -1.55. The fourth-order valence-corrected chi connectivity index (χ4v) is 1.87. The van der Waals surface area contributed by atoms with Gasteiger partial charge in [0.25, 0.3) is 0 Å². The fraction of sp³-hybridized carbons (Fsp3) is 0.533. The predicted octanol–water partition coefficient (Wildman–Crippen LogP) is 1.93. The summed E-state index contributed by atoms with van der Waals surface area (Å²) in [4.78, 5) is 11.5. The zero-order valence-corrected chi connectivity index (χ0v) is 12.2. The number of rotatable bonds is 7. The van der Waals surface area contributed by atoms with Crippen molar-refractivity contribution in [1.29, 1.82) is 0 Å². The molecule has 0 aliphatic carbocycles. The molecule has 0 aromatic heterocycles. The number of benzene rings is 1. The smallest absolute Gasteiger partial charge is 0.237 e. The quantitative estimate of drug-likeness (QED) is 0.791. The van der Waals surface area contributed by atoms with Gasteiger partial charge in [0.1, 0.15) is 5.75 Å². The lowest BCUT2D eigenvalue weighted by Crippen LogP contribution is -2.53. The van der Waals surface area contributed by atoms with Crippen LogP contribution in [0.5, 0.6) is 5.75 Å². The highest BCUT2D eigenvalue weighted by molar-refractivity contribution is 5.84. The Balaban J connectivity index is 2.57. The number of carbonyl (C=O) groups is 1. The molecule has 1 aromatic carbocycles. The molecular formula is C15H24N2O2. The minimum atomic E-state index is -0.714. The molecule has 19 heavy (non-hydrogen) atoms. The number of hydrogen-bond donors (Lipinski definition) is 2. The molecule has 0 saturated carbocycles. The van der Waals surface area contributed by atoms with E-state index in [1.807, 2.05) is 39.0 Å². The van der Waals surface area contributed by atoms with Crippen molar-refractivity contribution < 1.29 is 9.53 Å². The molecule has 4 nitrogen and oxygen atoms in total. The number of primary amides is 1. The molecule has 0 radical (unpaired) electrons. The van der Waals surface area contributed by atoms with Gasteiger partial charge in [-0.15, -0.1) is 0 Å². The minimum Gasteiger partial charge on any atom is -0.494 e. The maximum absolute atomic E-state index is 11.5. The average molecular weight is 264 g/mol. The molecule has 0 fully saturated rings. The minimum absolute atomic E-state index is 0.349. The summed E-state index contributed by atoms with van der Waals surface area (Å²) in [5.74, 6) is 0.476. The van der Waals surface area contributed by atoms with Crippen LogP contribution >= 0.6 is 0 Å². The number of likely N-dealkylation sites (N-methyl/N-ethyl adjacent to an activating group) is 1. The third kappa shape index (κ3) is 4.24. The highest BCUT2D eigenvalue weighted by Gasteiger charge is 2.29. The van der Waals surface area contributed by atoms with Crippen LogP contribution in [-0.2, 0) is 4.79 Å². The highest BCUT2D eigenvalue weighted by atomic mass is 16.5.